The molecule has 2 aliphatic rings. The maximum atomic E-state index is 10.3. The Hall–Kier alpha value is -2.15. The first-order valence-corrected chi connectivity index (χ1v) is 10.5. The third-order valence-electron chi connectivity index (χ3n) is 4.60. The highest BCUT2D eigenvalue weighted by Crippen LogP contribution is 2.35. The molecule has 3 rings (SSSR count). The van der Waals surface area contributed by atoms with Gasteiger partial charge in [0.2, 0.25) is 6.41 Å². The van der Waals surface area contributed by atoms with Crippen LogP contribution in [0, 0.1) is 18.8 Å². The van der Waals surface area contributed by atoms with Crippen LogP contribution in [0.2, 0.25) is 0 Å². The molecule has 0 radical (unpaired) electrons. The second kappa shape index (κ2) is 16.8. The highest BCUT2D eigenvalue weighted by Gasteiger charge is 2.40. The molecular formula is C22H40N4O3. The Balaban J connectivity index is 0.000000403. The average molecular weight is 409 g/mol. The van der Waals surface area contributed by atoms with Crippen LogP contribution in [0.25, 0.3) is 0 Å². The molecule has 2 bridgehead atoms. The number of nitrogens with zero attached hydrogens (tertiary/aromatic N) is 2. The van der Waals surface area contributed by atoms with Crippen LogP contribution >= 0.6 is 0 Å². The Bertz CT molecular complexity index is 504. The molecule has 1 saturated heterocycles. The van der Waals surface area contributed by atoms with E-state index in [4.69, 9.17) is 5.73 Å². The third-order valence-corrected chi connectivity index (χ3v) is 4.60. The van der Waals surface area contributed by atoms with Gasteiger partial charge in [0.15, 0.2) is 0 Å². The zero-order chi connectivity index (χ0) is 22.1. The van der Waals surface area contributed by atoms with Gasteiger partial charge in [-0.2, -0.15) is 0 Å². The van der Waals surface area contributed by atoms with E-state index in [1.165, 1.54) is 19.3 Å². The second-order valence-electron chi connectivity index (χ2n) is 7.56. The van der Waals surface area contributed by atoms with Gasteiger partial charge in [0, 0.05) is 25.3 Å². The maximum absolute atomic E-state index is 10.3. The van der Waals surface area contributed by atoms with E-state index in [2.05, 4.69) is 40.8 Å². The summed E-state index contributed by atoms with van der Waals surface area (Å²) in [6, 6.07) is 4.19. The third kappa shape index (κ3) is 12.1. The molecule has 29 heavy (non-hydrogen) atoms. The summed E-state index contributed by atoms with van der Waals surface area (Å²) in [7, 11) is 2.17. The minimum atomic E-state index is 0.462. The van der Waals surface area contributed by atoms with E-state index in [1.54, 1.807) is 12.3 Å². The Morgan fingerprint density at radius 1 is 1.21 bits per heavy atom. The van der Waals surface area contributed by atoms with E-state index in [1.807, 2.05) is 19.9 Å². The number of hydrogen-bond acceptors (Lipinski definition) is 6. The number of rotatable bonds is 5. The molecule has 0 aromatic carbocycles. The predicted molar refractivity (Wildman–Crippen MR) is 118 cm³/mol. The first-order valence-electron chi connectivity index (χ1n) is 10.5. The van der Waals surface area contributed by atoms with Crippen molar-refractivity contribution in [3.63, 3.8) is 0 Å². The van der Waals surface area contributed by atoms with Crippen molar-refractivity contribution < 1.29 is 14.3 Å². The number of likely N-dealkylation sites (tertiary alicyclic amines) is 1. The number of aromatic nitrogens is 1. The van der Waals surface area contributed by atoms with Crippen LogP contribution in [-0.2, 0) is 14.3 Å². The number of carbonyl (C=O) groups is 2. The first-order chi connectivity index (χ1) is 13.9. The maximum Gasteiger partial charge on any atom is 0.293 e. The summed E-state index contributed by atoms with van der Waals surface area (Å²) in [4.78, 5) is 25.9. The molecule has 1 unspecified atom stereocenters. The quantitative estimate of drug-likeness (QED) is 0.574. The van der Waals surface area contributed by atoms with Crippen LogP contribution in [0.15, 0.2) is 18.3 Å². The molecule has 1 aromatic rings. The number of hydrogen-bond donors (Lipinski definition) is 2. The number of aryl methyl sites for hydroxylation is 1. The molecule has 3 atom stereocenters. The Kier molecular flexibility index (Phi) is 15.5. The van der Waals surface area contributed by atoms with Crippen molar-refractivity contribution in [2.45, 2.75) is 59.4 Å². The van der Waals surface area contributed by atoms with Crippen LogP contribution in [0.4, 0.5) is 5.82 Å². The number of carbonyl (C=O) groups excluding carboxylic acids is 2. The SMILES string of the molecule is CCC.CCCOC=O.CN1C[C@H]2CC[C@@H](C1)C2NC=O.Cc1ccc(N)nc1. The molecule has 1 amide bonds. The zero-order valence-electron chi connectivity index (χ0n) is 18.8. The van der Waals surface area contributed by atoms with Crippen molar-refractivity contribution >= 4 is 18.7 Å². The Morgan fingerprint density at radius 3 is 2.14 bits per heavy atom. The molecule has 7 nitrogen and oxygen atoms in total. The van der Waals surface area contributed by atoms with Gasteiger partial charge in [-0.15, -0.1) is 0 Å². The number of piperidine rings is 1. The largest absolute Gasteiger partial charge is 0.468 e. The van der Waals surface area contributed by atoms with Gasteiger partial charge in [0.1, 0.15) is 5.82 Å². The second-order valence-corrected chi connectivity index (χ2v) is 7.56. The highest BCUT2D eigenvalue weighted by atomic mass is 16.5. The molecule has 0 spiro atoms. The average Bonchev–Trinajstić information content (AvgIpc) is 2.94. The number of nitrogen functional groups attached to an aromatic ring is 1. The number of nitrogens with two attached hydrogens (primary N) is 1. The molecular weight excluding hydrogens is 368 g/mol. The van der Waals surface area contributed by atoms with Crippen molar-refractivity contribution in [1.29, 1.82) is 0 Å². The van der Waals surface area contributed by atoms with Gasteiger partial charge >= 0.3 is 0 Å². The molecule has 1 aliphatic heterocycles. The van der Waals surface area contributed by atoms with Gasteiger partial charge < -0.3 is 20.7 Å². The molecule has 2 heterocycles. The molecule has 166 valence electrons. The minimum absolute atomic E-state index is 0.462. The van der Waals surface area contributed by atoms with Crippen molar-refractivity contribution in [3.05, 3.63) is 23.9 Å². The number of ether oxygens (including phenoxy) is 1. The fraction of sp³-hybridized carbons (Fsp3) is 0.682. The minimum Gasteiger partial charge on any atom is -0.468 e. The highest BCUT2D eigenvalue weighted by molar-refractivity contribution is 5.47. The zero-order valence-corrected chi connectivity index (χ0v) is 18.8. The first kappa shape index (κ1) is 26.9. The fourth-order valence-corrected chi connectivity index (χ4v) is 3.45. The number of fused-ring (bicyclic) bond motifs is 2. The van der Waals surface area contributed by atoms with Gasteiger partial charge in [-0.1, -0.05) is 33.3 Å². The van der Waals surface area contributed by atoms with E-state index in [9.17, 15) is 9.59 Å². The van der Waals surface area contributed by atoms with Crippen LogP contribution in [0.3, 0.4) is 0 Å². The van der Waals surface area contributed by atoms with Crippen molar-refractivity contribution in [3.8, 4) is 0 Å². The van der Waals surface area contributed by atoms with Gasteiger partial charge in [-0.25, -0.2) is 4.98 Å². The summed E-state index contributed by atoms with van der Waals surface area (Å²) in [6.07, 6.45) is 7.34. The number of nitrogens with one attached hydrogen (secondary N) is 1. The molecule has 1 saturated carbocycles. The van der Waals surface area contributed by atoms with Crippen LogP contribution < -0.4 is 11.1 Å². The lowest BCUT2D eigenvalue weighted by Gasteiger charge is -2.35. The van der Waals surface area contributed by atoms with E-state index < -0.39 is 0 Å². The lowest BCUT2D eigenvalue weighted by atomic mass is 9.93. The van der Waals surface area contributed by atoms with E-state index in [0.29, 0.717) is 36.8 Å². The van der Waals surface area contributed by atoms with Gasteiger partial charge in [0.25, 0.3) is 6.47 Å². The molecule has 2 fully saturated rings. The van der Waals surface area contributed by atoms with E-state index >= 15 is 0 Å². The van der Waals surface area contributed by atoms with E-state index in [-0.39, 0.29) is 0 Å². The van der Waals surface area contributed by atoms with Gasteiger partial charge in [-0.3, -0.25) is 9.59 Å². The summed E-state index contributed by atoms with van der Waals surface area (Å²) in [6.45, 7) is 11.5. The van der Waals surface area contributed by atoms with Crippen LogP contribution in [0.1, 0.15) is 52.0 Å². The summed E-state index contributed by atoms with van der Waals surface area (Å²) in [5.74, 6) is 1.99. The summed E-state index contributed by atoms with van der Waals surface area (Å²) >= 11 is 0. The van der Waals surface area contributed by atoms with Crippen molar-refractivity contribution in [2.75, 3.05) is 32.5 Å². The monoisotopic (exact) mass is 408 g/mol. The summed E-state index contributed by atoms with van der Waals surface area (Å²) in [5.41, 5.74) is 6.45. The summed E-state index contributed by atoms with van der Waals surface area (Å²) in [5, 5.41) is 2.96. The Labute approximate surface area is 176 Å². The number of pyridine rings is 1. The number of amides is 1. The molecule has 1 aromatic heterocycles. The van der Waals surface area contributed by atoms with Gasteiger partial charge in [-0.05, 0) is 56.7 Å². The normalized spacial score (nSPS) is 21.8. The van der Waals surface area contributed by atoms with Crippen molar-refractivity contribution in [2.24, 2.45) is 11.8 Å². The molecule has 1 aliphatic carbocycles. The molecule has 3 N–H and O–H groups in total. The van der Waals surface area contributed by atoms with Crippen LogP contribution in [-0.4, -0.2) is 55.6 Å². The van der Waals surface area contributed by atoms with Gasteiger partial charge in [0.05, 0.1) is 6.61 Å². The standard InChI is InChI=1S/C9H16N2O.C6H8N2.C4H8O2.C3H8/c1-11-4-7-2-3-8(5-11)9(7)10-6-12;1-5-2-3-6(7)8-4-5;1-2-3-6-4-5;1-3-2/h6-9H,2-5H2,1H3,(H,10,12);2-4H,1H3,(H2,7,8);4H,2-3H2,1H3;3H2,1-2H3/t7-,8+,9?;;;. The summed E-state index contributed by atoms with van der Waals surface area (Å²) < 4.78 is 4.30. The number of anilines is 1. The lowest BCUT2D eigenvalue weighted by Crippen LogP contribution is -2.49. The van der Waals surface area contributed by atoms with Crippen LogP contribution in [0.5, 0.6) is 0 Å². The Morgan fingerprint density at radius 2 is 1.79 bits per heavy atom. The van der Waals surface area contributed by atoms with E-state index in [0.717, 1.165) is 31.5 Å². The lowest BCUT2D eigenvalue weighted by molar-refractivity contribution is -0.128. The predicted octanol–water partition coefficient (Wildman–Crippen LogP) is 3.03. The smallest absolute Gasteiger partial charge is 0.293 e. The van der Waals surface area contributed by atoms with Crippen molar-refractivity contribution in [1.82, 2.24) is 15.2 Å². The topological polar surface area (TPSA) is 97.5 Å². The molecule has 7 heteroatoms. The fourth-order valence-electron chi connectivity index (χ4n) is 3.45.